The van der Waals surface area contributed by atoms with E-state index in [1.54, 1.807) is 24.1 Å². The molecule has 9 heteroatoms. The summed E-state index contributed by atoms with van der Waals surface area (Å²) in [5, 5.41) is 18.2. The van der Waals surface area contributed by atoms with Gasteiger partial charge in [0.2, 0.25) is 0 Å². The van der Waals surface area contributed by atoms with Crippen molar-refractivity contribution in [1.82, 2.24) is 15.5 Å². The topological polar surface area (TPSA) is 83.1 Å². The van der Waals surface area contributed by atoms with Gasteiger partial charge in [-0.15, -0.1) is 0 Å². The van der Waals surface area contributed by atoms with Crippen LogP contribution in [0.3, 0.4) is 0 Å². The lowest BCUT2D eigenvalue weighted by Crippen LogP contribution is -2.58. The maximum Gasteiger partial charge on any atom is 0.317 e. The fourth-order valence-electron chi connectivity index (χ4n) is 5.60. The van der Waals surface area contributed by atoms with E-state index in [9.17, 15) is 9.90 Å². The predicted molar refractivity (Wildman–Crippen MR) is 140 cm³/mol. The quantitative estimate of drug-likeness (QED) is 0.350. The summed E-state index contributed by atoms with van der Waals surface area (Å²) in [6.07, 6.45) is 8.02. The Labute approximate surface area is 220 Å². The summed E-state index contributed by atoms with van der Waals surface area (Å²) < 4.78 is 26.2. The molecule has 0 aromatic heterocycles. The first-order valence-corrected chi connectivity index (χ1v) is 13.7. The Morgan fingerprint density at radius 2 is 2.11 bits per heavy atom. The van der Waals surface area contributed by atoms with Gasteiger partial charge in [0.15, 0.2) is 0 Å². The van der Waals surface area contributed by atoms with Crippen molar-refractivity contribution in [3.8, 4) is 0 Å². The Hall–Kier alpha value is -1.45. The fourth-order valence-corrected chi connectivity index (χ4v) is 5.78. The lowest BCUT2D eigenvalue weighted by atomic mass is 9.82. The van der Waals surface area contributed by atoms with Gasteiger partial charge in [-0.05, 0) is 44.7 Å². The molecule has 3 N–H and O–H groups in total. The van der Waals surface area contributed by atoms with Gasteiger partial charge in [-0.1, -0.05) is 55.8 Å². The van der Waals surface area contributed by atoms with Crippen LogP contribution in [-0.4, -0.2) is 75.2 Å². The predicted octanol–water partition coefficient (Wildman–Crippen LogP) is 4.45. The molecule has 1 aromatic carbocycles. The number of hydrogen-bond donors (Lipinski definition) is 3. The van der Waals surface area contributed by atoms with E-state index in [1.807, 2.05) is 7.05 Å². The number of methoxy groups -OCH3 is 1. The van der Waals surface area contributed by atoms with E-state index < -0.39 is 17.5 Å². The van der Waals surface area contributed by atoms with Gasteiger partial charge in [-0.3, -0.25) is 0 Å². The molecule has 1 aromatic rings. The van der Waals surface area contributed by atoms with Crippen LogP contribution in [-0.2, 0) is 15.1 Å². The standard InChI is InChI=1S/C27H43ClFN3O4/c1-30-18-21(17-20-9-4-3-5-10-20)31-26(33)32-14-16-36-24(19-32)27(34,13-6-7-15-35-2)22-11-8-12-23(28)25(22)29/h8,11-12,20-21,24,30,34H,3-7,9-10,13-19H2,1-2H3,(H,31,33). The van der Waals surface area contributed by atoms with Crippen LogP contribution in [0.5, 0.6) is 0 Å². The highest BCUT2D eigenvalue weighted by Crippen LogP contribution is 2.37. The molecule has 1 saturated carbocycles. The summed E-state index contributed by atoms with van der Waals surface area (Å²) in [5.74, 6) is -0.0158. The van der Waals surface area contributed by atoms with Gasteiger partial charge in [-0.25, -0.2) is 9.18 Å². The van der Waals surface area contributed by atoms with Crippen LogP contribution in [0.15, 0.2) is 18.2 Å². The molecule has 1 heterocycles. The Bertz CT molecular complexity index is 826. The van der Waals surface area contributed by atoms with E-state index >= 15 is 4.39 Å². The molecule has 2 aliphatic rings. The molecule has 0 spiro atoms. The number of rotatable bonds is 12. The number of halogens is 2. The molecule has 1 saturated heterocycles. The minimum Gasteiger partial charge on any atom is -0.385 e. The van der Waals surface area contributed by atoms with Gasteiger partial charge < -0.3 is 30.1 Å². The van der Waals surface area contributed by atoms with Gasteiger partial charge in [0.1, 0.15) is 17.5 Å². The van der Waals surface area contributed by atoms with Crippen molar-refractivity contribution in [3.63, 3.8) is 0 Å². The van der Waals surface area contributed by atoms with Crippen molar-refractivity contribution in [2.24, 2.45) is 5.92 Å². The molecule has 36 heavy (non-hydrogen) atoms. The first-order valence-electron chi connectivity index (χ1n) is 13.4. The molecule has 7 nitrogen and oxygen atoms in total. The zero-order valence-corrected chi connectivity index (χ0v) is 22.5. The highest BCUT2D eigenvalue weighted by molar-refractivity contribution is 6.30. The van der Waals surface area contributed by atoms with Crippen molar-refractivity contribution < 1.29 is 23.8 Å². The van der Waals surface area contributed by atoms with Crippen LogP contribution >= 0.6 is 11.6 Å². The highest BCUT2D eigenvalue weighted by atomic mass is 35.5. The third-order valence-corrected chi connectivity index (χ3v) is 7.87. The second-order valence-corrected chi connectivity index (χ2v) is 10.6. The van der Waals surface area contributed by atoms with Crippen molar-refractivity contribution in [3.05, 3.63) is 34.6 Å². The maximum atomic E-state index is 15.1. The summed E-state index contributed by atoms with van der Waals surface area (Å²) in [5.41, 5.74) is -1.53. The number of nitrogens with zero attached hydrogens (tertiary/aromatic N) is 1. The number of likely N-dealkylation sites (N-methyl/N-ethyl adjacent to an activating group) is 1. The minimum atomic E-state index is -1.63. The van der Waals surface area contributed by atoms with E-state index in [2.05, 4.69) is 10.6 Å². The third-order valence-electron chi connectivity index (χ3n) is 7.58. The Balaban J connectivity index is 1.72. The molecule has 0 radical (unpaired) electrons. The van der Waals surface area contributed by atoms with E-state index in [4.69, 9.17) is 21.1 Å². The molecular formula is C27H43ClFN3O4. The SMILES string of the molecule is CNCC(CC1CCCCC1)NC(=O)N1CCOC(C(O)(CCCCOC)c2cccc(Cl)c2F)C1. The summed E-state index contributed by atoms with van der Waals surface area (Å²) in [7, 11) is 3.52. The second kappa shape index (κ2) is 14.5. The molecular weight excluding hydrogens is 485 g/mol. The largest absolute Gasteiger partial charge is 0.385 e. The average molecular weight is 528 g/mol. The maximum absolute atomic E-state index is 15.1. The second-order valence-electron chi connectivity index (χ2n) is 10.2. The number of aliphatic hydroxyl groups is 1. The number of carbonyl (C=O) groups is 1. The number of ether oxygens (including phenoxy) is 2. The molecule has 3 unspecified atom stereocenters. The summed E-state index contributed by atoms with van der Waals surface area (Å²) in [4.78, 5) is 15.0. The van der Waals surface area contributed by atoms with Crippen LogP contribution in [0.4, 0.5) is 9.18 Å². The summed E-state index contributed by atoms with van der Waals surface area (Å²) in [6, 6.07) is 4.49. The zero-order valence-electron chi connectivity index (χ0n) is 21.7. The first kappa shape index (κ1) is 29.1. The van der Waals surface area contributed by atoms with Gasteiger partial charge in [0.05, 0.1) is 18.2 Å². The van der Waals surface area contributed by atoms with Crippen molar-refractivity contribution >= 4 is 17.6 Å². The smallest absolute Gasteiger partial charge is 0.317 e. The third kappa shape index (κ3) is 7.78. The van der Waals surface area contributed by atoms with Crippen LogP contribution in [0, 0.1) is 11.7 Å². The van der Waals surface area contributed by atoms with Gasteiger partial charge in [0, 0.05) is 38.4 Å². The number of urea groups is 1. The monoisotopic (exact) mass is 527 g/mol. The van der Waals surface area contributed by atoms with Crippen LogP contribution in [0.25, 0.3) is 0 Å². The highest BCUT2D eigenvalue weighted by Gasteiger charge is 2.44. The fraction of sp³-hybridized carbons (Fsp3) is 0.741. The van der Waals surface area contributed by atoms with E-state index in [-0.39, 0.29) is 42.2 Å². The molecule has 3 rings (SSSR count). The number of amides is 2. The van der Waals surface area contributed by atoms with Crippen LogP contribution in [0.2, 0.25) is 5.02 Å². The molecule has 3 atom stereocenters. The lowest BCUT2D eigenvalue weighted by Gasteiger charge is -2.43. The van der Waals surface area contributed by atoms with Crippen molar-refractivity contribution in [1.29, 1.82) is 0 Å². The average Bonchev–Trinajstić information content (AvgIpc) is 2.89. The number of hydrogen-bond acceptors (Lipinski definition) is 5. The molecule has 1 aliphatic carbocycles. The minimum absolute atomic E-state index is 0.0326. The van der Waals surface area contributed by atoms with Crippen LogP contribution in [0.1, 0.15) is 63.4 Å². The molecule has 1 aliphatic heterocycles. The van der Waals surface area contributed by atoms with Gasteiger partial charge in [0.25, 0.3) is 0 Å². The zero-order chi connectivity index (χ0) is 26.0. The summed E-state index contributed by atoms with van der Waals surface area (Å²) >= 11 is 6.06. The van der Waals surface area contributed by atoms with E-state index in [0.717, 1.165) is 6.42 Å². The molecule has 0 bridgehead atoms. The Morgan fingerprint density at radius 3 is 2.83 bits per heavy atom. The van der Waals surface area contributed by atoms with Gasteiger partial charge in [-0.2, -0.15) is 0 Å². The number of carbonyl (C=O) groups excluding carboxylic acids is 1. The first-order chi connectivity index (χ1) is 17.4. The Morgan fingerprint density at radius 1 is 1.33 bits per heavy atom. The normalized spacial score (nSPS) is 21.7. The summed E-state index contributed by atoms with van der Waals surface area (Å²) in [6.45, 7) is 2.08. The number of unbranched alkanes of at least 4 members (excludes halogenated alkanes) is 1. The molecule has 2 amide bonds. The van der Waals surface area contributed by atoms with Crippen molar-refractivity contribution in [2.45, 2.75) is 75.5 Å². The van der Waals surface area contributed by atoms with Crippen LogP contribution < -0.4 is 10.6 Å². The van der Waals surface area contributed by atoms with Gasteiger partial charge >= 0.3 is 6.03 Å². The van der Waals surface area contributed by atoms with Crippen molar-refractivity contribution in [2.75, 3.05) is 47.0 Å². The van der Waals surface area contributed by atoms with E-state index in [0.29, 0.717) is 38.5 Å². The van der Waals surface area contributed by atoms with E-state index in [1.165, 1.54) is 38.2 Å². The number of benzene rings is 1. The Kier molecular flexibility index (Phi) is 11.7. The number of morpholine rings is 1. The number of nitrogens with one attached hydrogen (secondary N) is 2. The molecule has 2 fully saturated rings. The molecule has 204 valence electrons. The lowest BCUT2D eigenvalue weighted by molar-refractivity contribution is -0.147.